The Morgan fingerprint density at radius 1 is 1.35 bits per heavy atom. The monoisotopic (exact) mass is 508 g/mol. The van der Waals surface area contributed by atoms with E-state index < -0.39 is 12.1 Å². The SMILES string of the molecule is COc1ccc2ncc(Cl)c(C(F)CCC3CCN(CCSC4CCC4)CC3CC(=O)O)c2c1. The number of methoxy groups -OCH3 is 1. The van der Waals surface area contributed by atoms with Crippen LogP contribution in [0.4, 0.5) is 4.39 Å². The lowest BCUT2D eigenvalue weighted by molar-refractivity contribution is -0.139. The van der Waals surface area contributed by atoms with Crippen LogP contribution in [0.2, 0.25) is 5.02 Å². The fourth-order valence-corrected chi connectivity index (χ4v) is 6.83. The van der Waals surface area contributed by atoms with Crippen LogP contribution in [-0.2, 0) is 4.79 Å². The average Bonchev–Trinajstić information content (AvgIpc) is 2.79. The molecule has 1 aliphatic heterocycles. The number of benzene rings is 1. The van der Waals surface area contributed by atoms with Crippen molar-refractivity contribution < 1.29 is 19.0 Å². The number of carbonyl (C=O) groups is 1. The topological polar surface area (TPSA) is 62.7 Å². The Balaban J connectivity index is 1.38. The molecule has 5 nitrogen and oxygen atoms in total. The predicted octanol–water partition coefficient (Wildman–Crippen LogP) is 6.39. The normalized spacial score (nSPS) is 22.4. The van der Waals surface area contributed by atoms with E-state index in [-0.39, 0.29) is 18.3 Å². The van der Waals surface area contributed by atoms with Crippen molar-refractivity contribution in [1.82, 2.24) is 9.88 Å². The maximum absolute atomic E-state index is 15.6. The molecule has 2 fully saturated rings. The zero-order valence-electron chi connectivity index (χ0n) is 19.7. The summed E-state index contributed by atoms with van der Waals surface area (Å²) < 4.78 is 20.9. The van der Waals surface area contributed by atoms with E-state index in [4.69, 9.17) is 16.3 Å². The van der Waals surface area contributed by atoms with Crippen molar-refractivity contribution in [2.45, 2.75) is 56.4 Å². The van der Waals surface area contributed by atoms with Crippen LogP contribution in [0.5, 0.6) is 5.75 Å². The van der Waals surface area contributed by atoms with Gasteiger partial charge >= 0.3 is 5.97 Å². The summed E-state index contributed by atoms with van der Waals surface area (Å²) in [6.45, 7) is 2.75. The molecular formula is C26H34ClFN2O3S. The van der Waals surface area contributed by atoms with Crippen molar-refractivity contribution in [3.05, 3.63) is 35.0 Å². The van der Waals surface area contributed by atoms with Crippen LogP contribution in [0.3, 0.4) is 0 Å². The number of ether oxygens (including phenoxy) is 1. The summed E-state index contributed by atoms with van der Waals surface area (Å²) in [5, 5.41) is 11.3. The van der Waals surface area contributed by atoms with Gasteiger partial charge in [-0.3, -0.25) is 9.78 Å². The number of carboxylic acid groups (broad SMARTS) is 1. The Morgan fingerprint density at radius 3 is 2.88 bits per heavy atom. The number of aromatic nitrogens is 1. The zero-order valence-corrected chi connectivity index (χ0v) is 21.3. The highest BCUT2D eigenvalue weighted by Gasteiger charge is 2.32. The number of rotatable bonds is 11. The Labute approximate surface area is 210 Å². The quantitative estimate of drug-likeness (QED) is 0.379. The van der Waals surface area contributed by atoms with E-state index in [1.807, 2.05) is 6.07 Å². The van der Waals surface area contributed by atoms with Gasteiger partial charge in [-0.15, -0.1) is 0 Å². The number of piperidine rings is 1. The van der Waals surface area contributed by atoms with Gasteiger partial charge in [-0.1, -0.05) is 18.0 Å². The fraction of sp³-hybridized carbons (Fsp3) is 0.615. The van der Waals surface area contributed by atoms with E-state index >= 15 is 4.39 Å². The van der Waals surface area contributed by atoms with Gasteiger partial charge < -0.3 is 14.7 Å². The van der Waals surface area contributed by atoms with Gasteiger partial charge in [0.25, 0.3) is 0 Å². The first-order chi connectivity index (χ1) is 16.4. The van der Waals surface area contributed by atoms with E-state index in [2.05, 4.69) is 21.6 Å². The maximum Gasteiger partial charge on any atom is 0.303 e. The molecule has 4 rings (SSSR count). The van der Waals surface area contributed by atoms with Crippen LogP contribution in [0.15, 0.2) is 24.4 Å². The minimum absolute atomic E-state index is 0.0527. The summed E-state index contributed by atoms with van der Waals surface area (Å²) in [7, 11) is 1.58. The first-order valence-corrected chi connectivity index (χ1v) is 13.7. The van der Waals surface area contributed by atoms with Gasteiger partial charge in [0, 0.05) is 47.7 Å². The third-order valence-corrected chi connectivity index (χ3v) is 9.06. The van der Waals surface area contributed by atoms with Crippen molar-refractivity contribution >= 4 is 40.2 Å². The van der Waals surface area contributed by atoms with Crippen LogP contribution in [0.25, 0.3) is 10.9 Å². The summed E-state index contributed by atoms with van der Waals surface area (Å²) in [5.41, 5.74) is 1.13. The number of likely N-dealkylation sites (tertiary alicyclic amines) is 1. The molecule has 1 saturated heterocycles. The van der Waals surface area contributed by atoms with Crippen LogP contribution >= 0.6 is 23.4 Å². The van der Waals surface area contributed by atoms with Crippen molar-refractivity contribution in [2.24, 2.45) is 11.8 Å². The maximum atomic E-state index is 15.6. The molecule has 0 spiro atoms. The highest BCUT2D eigenvalue weighted by Crippen LogP contribution is 2.39. The lowest BCUT2D eigenvalue weighted by Crippen LogP contribution is -2.42. The number of carboxylic acids is 1. The molecule has 8 heteroatoms. The first-order valence-electron chi connectivity index (χ1n) is 12.3. The molecule has 3 unspecified atom stereocenters. The van der Waals surface area contributed by atoms with Crippen LogP contribution in [-0.4, -0.2) is 58.7 Å². The Hall–Kier alpha value is -1.57. The number of thioether (sulfide) groups is 1. The molecule has 1 aliphatic carbocycles. The largest absolute Gasteiger partial charge is 0.497 e. The summed E-state index contributed by atoms with van der Waals surface area (Å²) in [5.74, 6) is 1.23. The molecule has 1 N–H and O–H groups in total. The van der Waals surface area contributed by atoms with Gasteiger partial charge in [0.2, 0.25) is 0 Å². The summed E-state index contributed by atoms with van der Waals surface area (Å²) in [6, 6.07) is 5.39. The van der Waals surface area contributed by atoms with Crippen molar-refractivity contribution in [3.63, 3.8) is 0 Å². The molecule has 0 radical (unpaired) electrons. The van der Waals surface area contributed by atoms with E-state index in [1.165, 1.54) is 25.5 Å². The van der Waals surface area contributed by atoms with E-state index in [0.29, 0.717) is 40.1 Å². The second-order valence-corrected chi connectivity index (χ2v) is 11.4. The summed E-state index contributed by atoms with van der Waals surface area (Å²) in [4.78, 5) is 18.3. The smallest absolute Gasteiger partial charge is 0.303 e. The van der Waals surface area contributed by atoms with Crippen LogP contribution in [0, 0.1) is 11.8 Å². The molecule has 2 aliphatic rings. The highest BCUT2D eigenvalue weighted by molar-refractivity contribution is 7.99. The van der Waals surface area contributed by atoms with Crippen LogP contribution in [0.1, 0.15) is 56.7 Å². The van der Waals surface area contributed by atoms with E-state index in [1.54, 1.807) is 19.2 Å². The zero-order chi connectivity index (χ0) is 24.1. The molecule has 0 amide bonds. The number of alkyl halides is 1. The highest BCUT2D eigenvalue weighted by atomic mass is 35.5. The Kier molecular flexibility index (Phi) is 8.94. The second kappa shape index (κ2) is 11.9. The number of hydrogen-bond donors (Lipinski definition) is 1. The van der Waals surface area contributed by atoms with Gasteiger partial charge in [-0.2, -0.15) is 11.8 Å². The molecule has 0 bridgehead atoms. The molecule has 1 aromatic heterocycles. The number of aliphatic carboxylic acids is 1. The van der Waals surface area contributed by atoms with Gasteiger partial charge in [-0.25, -0.2) is 4.39 Å². The van der Waals surface area contributed by atoms with Gasteiger partial charge in [-0.05, 0) is 68.7 Å². The minimum Gasteiger partial charge on any atom is -0.497 e. The number of halogens is 2. The number of fused-ring (bicyclic) bond motifs is 1. The lowest BCUT2D eigenvalue weighted by Gasteiger charge is -2.38. The average molecular weight is 509 g/mol. The third-order valence-electron chi connectivity index (χ3n) is 7.40. The summed E-state index contributed by atoms with van der Waals surface area (Å²) >= 11 is 8.44. The second-order valence-electron chi connectivity index (χ2n) is 9.58. The Bertz CT molecular complexity index is 990. The molecule has 3 atom stereocenters. The van der Waals surface area contributed by atoms with Crippen molar-refractivity contribution in [1.29, 1.82) is 0 Å². The molecule has 186 valence electrons. The molecule has 34 heavy (non-hydrogen) atoms. The van der Waals surface area contributed by atoms with Crippen molar-refractivity contribution in [2.75, 3.05) is 32.5 Å². The Morgan fingerprint density at radius 2 is 2.18 bits per heavy atom. The van der Waals surface area contributed by atoms with Crippen molar-refractivity contribution in [3.8, 4) is 5.75 Å². The standard InChI is InChI=1S/C26H34ClFN2O3S/c1-33-19-6-8-24-21(14-19)26(22(27)15-29-24)23(28)7-5-17-9-10-30(16-18(17)13-25(31)32)11-12-34-20-3-2-4-20/h6,8,14-15,17-18,20,23H,2-5,7,9-13,16H2,1H3,(H,31,32). The number of hydrogen-bond acceptors (Lipinski definition) is 5. The molecule has 1 saturated carbocycles. The lowest BCUT2D eigenvalue weighted by atomic mass is 9.79. The number of nitrogens with zero attached hydrogens (tertiary/aromatic N) is 2. The molecular weight excluding hydrogens is 475 g/mol. The van der Waals surface area contributed by atoms with Crippen LogP contribution < -0.4 is 4.74 Å². The molecule has 2 aromatic rings. The minimum atomic E-state index is -1.24. The van der Waals surface area contributed by atoms with E-state index in [9.17, 15) is 9.90 Å². The first kappa shape index (κ1) is 25.5. The fourth-order valence-electron chi connectivity index (χ4n) is 5.20. The predicted molar refractivity (Wildman–Crippen MR) is 137 cm³/mol. The summed E-state index contributed by atoms with van der Waals surface area (Å²) in [6.07, 6.45) is 6.31. The van der Waals surface area contributed by atoms with E-state index in [0.717, 1.165) is 37.1 Å². The van der Waals surface area contributed by atoms with Gasteiger partial charge in [0.15, 0.2) is 0 Å². The molecule has 1 aromatic carbocycles. The third kappa shape index (κ3) is 6.35. The van der Waals surface area contributed by atoms with Gasteiger partial charge in [0.05, 0.1) is 17.6 Å². The molecule has 2 heterocycles. The number of pyridine rings is 1. The van der Waals surface area contributed by atoms with Gasteiger partial charge in [0.1, 0.15) is 11.9 Å².